The molecule has 1 aliphatic carbocycles. The second kappa shape index (κ2) is 16.1. The van der Waals surface area contributed by atoms with Gasteiger partial charge in [-0.15, -0.1) is 0 Å². The van der Waals surface area contributed by atoms with Crippen molar-refractivity contribution in [3.63, 3.8) is 0 Å². The number of alkyl halides is 3. The highest BCUT2D eigenvalue weighted by Crippen LogP contribution is 2.55. The van der Waals surface area contributed by atoms with E-state index in [2.05, 4.69) is 62.3 Å². The Labute approximate surface area is 300 Å². The van der Waals surface area contributed by atoms with E-state index in [0.717, 1.165) is 18.1 Å². The fraction of sp³-hybridized carbons (Fsp3) is 0.778. The third-order valence-electron chi connectivity index (χ3n) is 11.2. The molecule has 14 heteroatoms. The summed E-state index contributed by atoms with van der Waals surface area (Å²) in [6.45, 7) is 25.8. The van der Waals surface area contributed by atoms with E-state index < -0.39 is 49.4 Å². The number of hydrogen-bond donors (Lipinski definition) is 0. The van der Waals surface area contributed by atoms with E-state index in [0.29, 0.717) is 52.7 Å². The molecule has 2 heterocycles. The summed E-state index contributed by atoms with van der Waals surface area (Å²) >= 11 is 0. The zero-order valence-electron chi connectivity index (χ0n) is 32.2. The molecule has 1 aliphatic heterocycles. The summed E-state index contributed by atoms with van der Waals surface area (Å²) in [4.78, 5) is 0. The number of ether oxygens (including phenoxy) is 2. The van der Waals surface area contributed by atoms with Crippen LogP contribution in [0.3, 0.4) is 0 Å². The van der Waals surface area contributed by atoms with Gasteiger partial charge in [0.1, 0.15) is 35.4 Å². The number of allylic oxidation sites excluding steroid dienone is 3. The molecule has 1 aromatic heterocycles. The van der Waals surface area contributed by atoms with Gasteiger partial charge in [0.2, 0.25) is 14.1 Å². The van der Waals surface area contributed by atoms with E-state index in [1.165, 1.54) is 6.08 Å². The first-order valence-electron chi connectivity index (χ1n) is 18.2. The summed E-state index contributed by atoms with van der Waals surface area (Å²) in [6, 6.07) is 6.40. The van der Waals surface area contributed by atoms with Gasteiger partial charge in [-0.3, -0.25) is 0 Å². The maximum atomic E-state index is 13.6. The largest absolute Gasteiger partial charge is 0.543 e. The van der Waals surface area contributed by atoms with Crippen molar-refractivity contribution >= 4 is 26.8 Å². The van der Waals surface area contributed by atoms with Gasteiger partial charge >= 0.3 is 15.6 Å². The van der Waals surface area contributed by atoms with Crippen LogP contribution < -0.4 is 0 Å². The standard InChI is InChI=1S/C36H61F3O8SSi2/c1-13-49(14-2,15-3)47-32-24-42-34(10,11)45-31(32)20-22-35(12)29(17-19-33(35)46-48(40,41)36(37,38)39)30-18-16-28(44-30)21-23-43-50(25(4)5,26(6)7)27(8)9/h16,18-19,25-27,29H,13-15,17,20-24H2,1-12H3/t29-,35-/m0/s1. The van der Waals surface area contributed by atoms with Gasteiger partial charge in [0.25, 0.3) is 0 Å². The first-order chi connectivity index (χ1) is 23.0. The van der Waals surface area contributed by atoms with Crippen molar-refractivity contribution < 1.29 is 48.5 Å². The van der Waals surface area contributed by atoms with Crippen molar-refractivity contribution in [1.82, 2.24) is 0 Å². The van der Waals surface area contributed by atoms with Gasteiger partial charge in [-0.2, -0.15) is 21.6 Å². The van der Waals surface area contributed by atoms with Crippen molar-refractivity contribution in [3.8, 4) is 0 Å². The van der Waals surface area contributed by atoms with Crippen LogP contribution in [-0.4, -0.2) is 49.6 Å². The fourth-order valence-corrected chi connectivity index (χ4v) is 16.7. The van der Waals surface area contributed by atoms with Gasteiger partial charge < -0.3 is 26.9 Å². The first kappa shape index (κ1) is 42.7. The molecule has 0 radical (unpaired) electrons. The summed E-state index contributed by atoms with van der Waals surface area (Å²) in [6.07, 6.45) is 2.69. The Kier molecular flexibility index (Phi) is 13.7. The zero-order valence-corrected chi connectivity index (χ0v) is 35.0. The summed E-state index contributed by atoms with van der Waals surface area (Å²) in [5.74, 6) is 0.723. The van der Waals surface area contributed by atoms with Gasteiger partial charge in [0.05, 0.1) is 0 Å². The quantitative estimate of drug-likeness (QED) is 0.0828. The molecule has 288 valence electrons. The molecule has 3 rings (SSSR count). The minimum Gasteiger partial charge on any atom is -0.543 e. The monoisotopic (exact) mass is 766 g/mol. The molecule has 0 fully saturated rings. The predicted molar refractivity (Wildman–Crippen MR) is 195 cm³/mol. The molecule has 0 unspecified atom stereocenters. The highest BCUT2D eigenvalue weighted by molar-refractivity contribution is 7.87. The van der Waals surface area contributed by atoms with E-state index in [1.54, 1.807) is 20.8 Å². The Hall–Kier alpha value is -1.75. The molecule has 50 heavy (non-hydrogen) atoms. The van der Waals surface area contributed by atoms with Crippen molar-refractivity contribution in [3.05, 3.63) is 47.0 Å². The Morgan fingerprint density at radius 1 is 0.940 bits per heavy atom. The van der Waals surface area contributed by atoms with Crippen molar-refractivity contribution in [2.24, 2.45) is 5.41 Å². The Bertz CT molecular complexity index is 1430. The molecule has 2 aliphatic rings. The van der Waals surface area contributed by atoms with E-state index in [4.69, 9.17) is 26.9 Å². The molecular weight excluding hydrogens is 706 g/mol. The van der Waals surface area contributed by atoms with E-state index in [-0.39, 0.29) is 31.6 Å². The maximum absolute atomic E-state index is 13.6. The molecule has 0 saturated carbocycles. The maximum Gasteiger partial charge on any atom is 0.534 e. The van der Waals surface area contributed by atoms with Crippen molar-refractivity contribution in [2.75, 3.05) is 13.2 Å². The normalized spacial score (nSPS) is 22.0. The number of furan rings is 1. The zero-order chi connectivity index (χ0) is 37.9. The molecule has 2 atom stereocenters. The second-order valence-electron chi connectivity index (χ2n) is 15.5. The lowest BCUT2D eigenvalue weighted by atomic mass is 9.74. The Morgan fingerprint density at radius 3 is 2.04 bits per heavy atom. The van der Waals surface area contributed by atoms with Crippen LogP contribution in [0.4, 0.5) is 13.2 Å². The van der Waals surface area contributed by atoms with Gasteiger partial charge in [0, 0.05) is 44.6 Å². The molecular formula is C36H61F3O8SSi2. The molecule has 0 amide bonds. The SMILES string of the molecule is CC[Si](CC)(CC)OC1=C(CC[C@]2(C)C(OS(=O)(=O)C(F)(F)F)=CC[C@H]2c2ccc(CCO[Si](C(C)C)(C(C)C)C(C)C)o2)OC(C)(C)OC1. The number of halogens is 3. The van der Waals surface area contributed by atoms with Crippen molar-refractivity contribution in [1.29, 1.82) is 0 Å². The second-order valence-corrected chi connectivity index (χ2v) is 27.1. The van der Waals surface area contributed by atoms with Crippen LogP contribution in [0.15, 0.2) is 39.9 Å². The minimum absolute atomic E-state index is 0.205. The van der Waals surface area contributed by atoms with Gasteiger partial charge in [-0.05, 0) is 65.8 Å². The van der Waals surface area contributed by atoms with Crippen LogP contribution in [0.25, 0.3) is 0 Å². The van der Waals surface area contributed by atoms with Gasteiger partial charge in [-0.25, -0.2) is 0 Å². The van der Waals surface area contributed by atoms with Gasteiger partial charge in [0.15, 0.2) is 8.32 Å². The van der Waals surface area contributed by atoms with E-state index >= 15 is 0 Å². The highest BCUT2D eigenvalue weighted by atomic mass is 32.2. The van der Waals surface area contributed by atoms with Crippen LogP contribution in [-0.2, 0) is 39.0 Å². The fourth-order valence-electron chi connectivity index (χ4n) is 8.04. The lowest BCUT2D eigenvalue weighted by Crippen LogP contribution is -2.48. The molecule has 0 bridgehead atoms. The summed E-state index contributed by atoms with van der Waals surface area (Å²) in [5, 5.41) is 0. The highest BCUT2D eigenvalue weighted by Gasteiger charge is 2.54. The first-order valence-corrected chi connectivity index (χ1v) is 24.3. The average Bonchev–Trinajstić information content (AvgIpc) is 3.60. The molecule has 0 saturated heterocycles. The molecule has 1 aromatic rings. The lowest BCUT2D eigenvalue weighted by molar-refractivity contribution is -0.209. The predicted octanol–water partition coefficient (Wildman–Crippen LogP) is 11.1. The van der Waals surface area contributed by atoms with Crippen LogP contribution in [0.5, 0.6) is 0 Å². The third-order valence-corrected chi connectivity index (χ3v) is 22.8. The summed E-state index contributed by atoms with van der Waals surface area (Å²) in [7, 11) is -10.1. The summed E-state index contributed by atoms with van der Waals surface area (Å²) in [5.41, 5.74) is -5.46. The molecule has 0 aromatic carbocycles. The Morgan fingerprint density at radius 2 is 1.52 bits per heavy atom. The molecule has 0 N–H and O–H groups in total. The van der Waals surface area contributed by atoms with E-state index in [1.807, 2.05) is 12.1 Å². The average molecular weight is 767 g/mol. The van der Waals surface area contributed by atoms with Crippen LogP contribution in [0, 0.1) is 5.41 Å². The van der Waals surface area contributed by atoms with Crippen molar-refractivity contribution in [2.45, 2.75) is 161 Å². The number of rotatable bonds is 18. The van der Waals surface area contributed by atoms with Crippen LogP contribution in [0.1, 0.15) is 120 Å². The molecule has 0 spiro atoms. The Balaban J connectivity index is 1.95. The minimum atomic E-state index is -5.90. The topological polar surface area (TPSA) is 93.4 Å². The summed E-state index contributed by atoms with van der Waals surface area (Å²) < 4.78 is 102. The van der Waals surface area contributed by atoms with Gasteiger partial charge in [-0.1, -0.05) is 69.2 Å². The lowest BCUT2D eigenvalue weighted by Gasteiger charge is -2.42. The van der Waals surface area contributed by atoms with E-state index in [9.17, 15) is 21.6 Å². The third kappa shape index (κ3) is 9.06. The van der Waals surface area contributed by atoms with Crippen LogP contribution >= 0.6 is 0 Å². The number of hydrogen-bond acceptors (Lipinski definition) is 8. The smallest absolute Gasteiger partial charge is 0.534 e. The van der Waals surface area contributed by atoms with Crippen LogP contribution in [0.2, 0.25) is 34.8 Å². The molecule has 8 nitrogen and oxygen atoms in total.